The van der Waals surface area contributed by atoms with E-state index in [0.29, 0.717) is 12.1 Å². The Balaban J connectivity index is 1.60. The van der Waals surface area contributed by atoms with E-state index in [9.17, 15) is 0 Å². The molecule has 2 unspecified atom stereocenters. The zero-order valence-corrected chi connectivity index (χ0v) is 12.6. The number of rotatable bonds is 2. The molecule has 2 saturated heterocycles. The molecule has 2 bridgehead atoms. The van der Waals surface area contributed by atoms with Gasteiger partial charge in [-0.15, -0.1) is 5.10 Å². The van der Waals surface area contributed by atoms with Gasteiger partial charge in [0.15, 0.2) is 17.0 Å². The van der Waals surface area contributed by atoms with Crippen LogP contribution in [0.25, 0.3) is 16.9 Å². The maximum absolute atomic E-state index is 4.51. The molecule has 0 aliphatic carbocycles. The fourth-order valence-electron chi connectivity index (χ4n) is 3.68. The van der Waals surface area contributed by atoms with Gasteiger partial charge in [-0.3, -0.25) is 0 Å². The molecule has 116 valence electrons. The van der Waals surface area contributed by atoms with Crippen LogP contribution in [-0.4, -0.2) is 50.1 Å². The number of anilines is 1. The third-order valence-corrected chi connectivity index (χ3v) is 4.74. The van der Waals surface area contributed by atoms with E-state index >= 15 is 0 Å². The zero-order valence-electron chi connectivity index (χ0n) is 12.6. The Labute approximate surface area is 133 Å². The van der Waals surface area contributed by atoms with Gasteiger partial charge in [0, 0.05) is 25.2 Å². The molecular formula is C16H17N7. The van der Waals surface area contributed by atoms with Crippen molar-refractivity contribution in [3.63, 3.8) is 0 Å². The SMILES string of the molecule is c1ccc(-n2nnc3c(N4CC5CCC(C4)N5)ncnc32)cc1. The third kappa shape index (κ3) is 2.08. The van der Waals surface area contributed by atoms with Crippen molar-refractivity contribution in [1.82, 2.24) is 30.3 Å². The van der Waals surface area contributed by atoms with Gasteiger partial charge in [0.1, 0.15) is 6.33 Å². The molecular weight excluding hydrogens is 290 g/mol. The summed E-state index contributed by atoms with van der Waals surface area (Å²) >= 11 is 0. The molecule has 5 rings (SSSR count). The standard InChI is InChI=1S/C16H17N7/c1-2-4-13(5-3-1)23-16-14(20-21-23)15(17-10-18-16)22-8-11-6-7-12(9-22)19-11/h1-5,10-12,19H,6-9H2. The number of hydrogen-bond acceptors (Lipinski definition) is 6. The van der Waals surface area contributed by atoms with Crippen molar-refractivity contribution >= 4 is 17.0 Å². The van der Waals surface area contributed by atoms with E-state index in [2.05, 4.69) is 30.5 Å². The first kappa shape index (κ1) is 13.0. The van der Waals surface area contributed by atoms with Crippen LogP contribution in [0, 0.1) is 0 Å². The van der Waals surface area contributed by atoms with Gasteiger partial charge in [-0.25, -0.2) is 9.97 Å². The first-order valence-corrected chi connectivity index (χ1v) is 8.01. The van der Waals surface area contributed by atoms with Crippen LogP contribution in [0.3, 0.4) is 0 Å². The predicted molar refractivity (Wildman–Crippen MR) is 86.6 cm³/mol. The molecule has 0 spiro atoms. The third-order valence-electron chi connectivity index (χ3n) is 4.74. The average Bonchev–Trinajstić information content (AvgIpc) is 3.18. The second kappa shape index (κ2) is 4.99. The Bertz CT molecular complexity index is 832. The molecule has 2 aromatic heterocycles. The van der Waals surface area contributed by atoms with Crippen LogP contribution in [0.4, 0.5) is 5.82 Å². The average molecular weight is 307 g/mol. The van der Waals surface area contributed by atoms with Crippen LogP contribution in [-0.2, 0) is 0 Å². The molecule has 7 nitrogen and oxygen atoms in total. The lowest BCUT2D eigenvalue weighted by atomic mass is 10.2. The number of benzene rings is 1. The van der Waals surface area contributed by atoms with E-state index in [1.807, 2.05) is 30.3 Å². The summed E-state index contributed by atoms with van der Waals surface area (Å²) in [5, 5.41) is 12.3. The van der Waals surface area contributed by atoms with Crippen molar-refractivity contribution in [2.45, 2.75) is 24.9 Å². The van der Waals surface area contributed by atoms with Crippen LogP contribution in [0.2, 0.25) is 0 Å². The lowest BCUT2D eigenvalue weighted by Gasteiger charge is -2.33. The van der Waals surface area contributed by atoms with Gasteiger partial charge in [0.25, 0.3) is 0 Å². The van der Waals surface area contributed by atoms with Crippen LogP contribution < -0.4 is 10.2 Å². The Morgan fingerprint density at radius 1 is 1.00 bits per heavy atom. The maximum Gasteiger partial charge on any atom is 0.189 e. The van der Waals surface area contributed by atoms with Crippen molar-refractivity contribution in [2.75, 3.05) is 18.0 Å². The molecule has 3 aromatic rings. The van der Waals surface area contributed by atoms with E-state index in [4.69, 9.17) is 0 Å². The van der Waals surface area contributed by atoms with Gasteiger partial charge in [-0.2, -0.15) is 4.68 Å². The molecule has 1 N–H and O–H groups in total. The van der Waals surface area contributed by atoms with Crippen LogP contribution in [0.1, 0.15) is 12.8 Å². The number of fused-ring (bicyclic) bond motifs is 3. The topological polar surface area (TPSA) is 71.8 Å². The summed E-state index contributed by atoms with van der Waals surface area (Å²) in [6, 6.07) is 11.1. The van der Waals surface area contributed by atoms with E-state index in [-0.39, 0.29) is 0 Å². The summed E-state index contributed by atoms with van der Waals surface area (Å²) in [6.07, 6.45) is 4.10. The highest BCUT2D eigenvalue weighted by molar-refractivity contribution is 5.83. The molecule has 23 heavy (non-hydrogen) atoms. The number of piperazine rings is 1. The molecule has 0 amide bonds. The normalized spacial score (nSPS) is 23.6. The molecule has 0 saturated carbocycles. The highest BCUT2D eigenvalue weighted by Gasteiger charge is 2.33. The fraction of sp³-hybridized carbons (Fsp3) is 0.375. The summed E-state index contributed by atoms with van der Waals surface area (Å²) in [6.45, 7) is 1.95. The number of nitrogens with zero attached hydrogens (tertiary/aromatic N) is 6. The molecule has 4 heterocycles. The van der Waals surface area contributed by atoms with Crippen molar-refractivity contribution in [1.29, 1.82) is 0 Å². The Morgan fingerprint density at radius 2 is 1.78 bits per heavy atom. The van der Waals surface area contributed by atoms with E-state index in [1.165, 1.54) is 12.8 Å². The minimum Gasteiger partial charge on any atom is -0.351 e. The largest absolute Gasteiger partial charge is 0.351 e. The van der Waals surface area contributed by atoms with Gasteiger partial charge in [0.05, 0.1) is 5.69 Å². The van der Waals surface area contributed by atoms with E-state index < -0.39 is 0 Å². The first-order chi connectivity index (χ1) is 11.4. The molecule has 7 heteroatoms. The first-order valence-electron chi connectivity index (χ1n) is 8.01. The molecule has 2 aliphatic heterocycles. The highest BCUT2D eigenvalue weighted by Crippen LogP contribution is 2.28. The lowest BCUT2D eigenvalue weighted by molar-refractivity contribution is 0.464. The summed E-state index contributed by atoms with van der Waals surface area (Å²) in [7, 11) is 0. The molecule has 1 aromatic carbocycles. The minimum absolute atomic E-state index is 0.558. The second-order valence-electron chi connectivity index (χ2n) is 6.25. The summed E-state index contributed by atoms with van der Waals surface area (Å²) < 4.78 is 1.78. The van der Waals surface area contributed by atoms with Gasteiger partial charge in [0.2, 0.25) is 0 Å². The number of aromatic nitrogens is 5. The van der Waals surface area contributed by atoms with Gasteiger partial charge >= 0.3 is 0 Å². The highest BCUT2D eigenvalue weighted by atomic mass is 15.5. The summed E-state index contributed by atoms with van der Waals surface area (Å²) in [5.41, 5.74) is 2.49. The van der Waals surface area contributed by atoms with E-state index in [0.717, 1.165) is 35.8 Å². The molecule has 2 fully saturated rings. The Hall–Kier alpha value is -2.54. The van der Waals surface area contributed by atoms with E-state index in [1.54, 1.807) is 11.0 Å². The number of hydrogen-bond donors (Lipinski definition) is 1. The quantitative estimate of drug-likeness (QED) is 0.766. The smallest absolute Gasteiger partial charge is 0.189 e. The molecule has 0 radical (unpaired) electrons. The summed E-state index contributed by atoms with van der Waals surface area (Å²) in [5.74, 6) is 0.899. The van der Waals surface area contributed by atoms with Crippen molar-refractivity contribution in [2.24, 2.45) is 0 Å². The van der Waals surface area contributed by atoms with Crippen molar-refractivity contribution in [3.8, 4) is 5.69 Å². The van der Waals surface area contributed by atoms with Crippen LogP contribution in [0.15, 0.2) is 36.7 Å². The second-order valence-corrected chi connectivity index (χ2v) is 6.25. The predicted octanol–water partition coefficient (Wildman–Crippen LogP) is 1.15. The maximum atomic E-state index is 4.51. The number of para-hydroxylation sites is 1. The van der Waals surface area contributed by atoms with Crippen LogP contribution >= 0.6 is 0 Å². The zero-order chi connectivity index (χ0) is 15.2. The lowest BCUT2D eigenvalue weighted by Crippen LogP contribution is -2.51. The Kier molecular flexibility index (Phi) is 2.81. The van der Waals surface area contributed by atoms with Gasteiger partial charge < -0.3 is 10.2 Å². The Morgan fingerprint density at radius 3 is 2.57 bits per heavy atom. The molecule has 2 atom stereocenters. The number of nitrogens with one attached hydrogen (secondary N) is 1. The molecule has 2 aliphatic rings. The fourth-order valence-corrected chi connectivity index (χ4v) is 3.68. The van der Waals surface area contributed by atoms with Crippen LogP contribution in [0.5, 0.6) is 0 Å². The minimum atomic E-state index is 0.558. The monoisotopic (exact) mass is 307 g/mol. The van der Waals surface area contributed by atoms with Gasteiger partial charge in [-0.05, 0) is 25.0 Å². The van der Waals surface area contributed by atoms with Crippen molar-refractivity contribution in [3.05, 3.63) is 36.7 Å². The summed E-state index contributed by atoms with van der Waals surface area (Å²) in [4.78, 5) is 11.2. The van der Waals surface area contributed by atoms with Crippen molar-refractivity contribution < 1.29 is 0 Å². The van der Waals surface area contributed by atoms with Gasteiger partial charge in [-0.1, -0.05) is 23.4 Å².